The number of carboxylic acid groups (broad SMARTS) is 1. The Bertz CT molecular complexity index is 888. The van der Waals surface area contributed by atoms with Gasteiger partial charge in [-0.05, 0) is 30.3 Å². The monoisotopic (exact) mass is 392 g/mol. The fraction of sp³-hybridized carbons (Fsp3) is 0.167. The largest absolute Gasteiger partial charge is 0.545 e. The molecule has 1 aliphatic heterocycles. The molecule has 1 fully saturated rings. The molecule has 3 rings (SSSR count). The highest BCUT2D eigenvalue weighted by Gasteiger charge is 2.40. The van der Waals surface area contributed by atoms with Crippen LogP contribution in [0.15, 0.2) is 53.4 Å². The minimum Gasteiger partial charge on any atom is -0.545 e. The van der Waals surface area contributed by atoms with Gasteiger partial charge in [-0.15, -0.1) is 11.8 Å². The second-order valence-corrected chi connectivity index (χ2v) is 6.78. The lowest BCUT2D eigenvalue weighted by atomic mass is 10.2. The van der Waals surface area contributed by atoms with Gasteiger partial charge in [-0.3, -0.25) is 9.59 Å². The zero-order valence-corrected chi connectivity index (χ0v) is 14.4. The van der Waals surface area contributed by atoms with E-state index >= 15 is 0 Å². The van der Waals surface area contributed by atoms with Gasteiger partial charge in [0.15, 0.2) is 0 Å². The summed E-state index contributed by atoms with van der Waals surface area (Å²) < 4.78 is 28.6. The number of hydrogen-bond donors (Lipinski definition) is 0. The number of imide groups is 1. The number of nitrogens with zero attached hydrogens (tertiary/aromatic N) is 1. The van der Waals surface area contributed by atoms with Gasteiger partial charge in [0.25, 0.3) is 0 Å². The van der Waals surface area contributed by atoms with Gasteiger partial charge in [0, 0.05) is 16.9 Å². The first kappa shape index (κ1) is 18.8. The van der Waals surface area contributed by atoms with Gasteiger partial charge in [0.1, 0.15) is 5.75 Å². The summed E-state index contributed by atoms with van der Waals surface area (Å²) in [5.74, 6) is -2.45. The number of carboxylic acids is 1. The van der Waals surface area contributed by atoms with Crippen LogP contribution in [0.1, 0.15) is 16.8 Å². The van der Waals surface area contributed by atoms with Crippen molar-refractivity contribution in [1.29, 1.82) is 0 Å². The van der Waals surface area contributed by atoms with Crippen LogP contribution in [0.2, 0.25) is 0 Å². The lowest BCUT2D eigenvalue weighted by Crippen LogP contribution is -2.31. The van der Waals surface area contributed by atoms with Crippen LogP contribution in [0.4, 0.5) is 14.5 Å². The summed E-state index contributed by atoms with van der Waals surface area (Å²) in [6.07, 6.45) is -0.111. The number of rotatable bonds is 6. The highest BCUT2D eigenvalue weighted by atomic mass is 32.2. The van der Waals surface area contributed by atoms with Gasteiger partial charge in [0.2, 0.25) is 11.8 Å². The second kappa shape index (κ2) is 7.75. The first-order chi connectivity index (χ1) is 12.9. The summed E-state index contributed by atoms with van der Waals surface area (Å²) in [7, 11) is 0. The molecule has 1 heterocycles. The Balaban J connectivity index is 1.78. The molecule has 0 aliphatic carbocycles. The highest BCUT2D eigenvalue weighted by molar-refractivity contribution is 8.00. The number of carbonyl (C=O) groups excluding carboxylic acids is 3. The molecule has 0 radical (unpaired) electrons. The van der Waals surface area contributed by atoms with E-state index in [4.69, 9.17) is 0 Å². The predicted molar refractivity (Wildman–Crippen MR) is 90.6 cm³/mol. The third-order valence-electron chi connectivity index (χ3n) is 3.80. The summed E-state index contributed by atoms with van der Waals surface area (Å²) >= 11 is 0.971. The quantitative estimate of drug-likeness (QED) is 0.700. The normalized spacial score (nSPS) is 16.9. The van der Waals surface area contributed by atoms with E-state index < -0.39 is 29.6 Å². The number of ether oxygens (including phenoxy) is 1. The van der Waals surface area contributed by atoms with Crippen molar-refractivity contribution in [1.82, 2.24) is 0 Å². The van der Waals surface area contributed by atoms with Crippen molar-refractivity contribution in [2.24, 2.45) is 0 Å². The van der Waals surface area contributed by atoms with Crippen LogP contribution < -0.4 is 14.7 Å². The Morgan fingerprint density at radius 3 is 2.44 bits per heavy atom. The van der Waals surface area contributed by atoms with Crippen LogP contribution in [0.5, 0.6) is 5.75 Å². The molecule has 27 heavy (non-hydrogen) atoms. The van der Waals surface area contributed by atoms with Crippen LogP contribution in [0.3, 0.4) is 0 Å². The number of thioether (sulfide) groups is 1. The van der Waals surface area contributed by atoms with E-state index in [-0.39, 0.29) is 23.4 Å². The van der Waals surface area contributed by atoms with Gasteiger partial charge in [-0.2, -0.15) is 8.78 Å². The topological polar surface area (TPSA) is 86.7 Å². The smallest absolute Gasteiger partial charge is 0.387 e. The minimum atomic E-state index is -2.98. The van der Waals surface area contributed by atoms with E-state index in [1.54, 1.807) is 6.07 Å². The van der Waals surface area contributed by atoms with Crippen molar-refractivity contribution < 1.29 is 33.0 Å². The van der Waals surface area contributed by atoms with Crippen LogP contribution in [0, 0.1) is 0 Å². The molecule has 140 valence electrons. The Hall–Kier alpha value is -2.94. The number of anilines is 1. The van der Waals surface area contributed by atoms with E-state index in [2.05, 4.69) is 4.74 Å². The number of carbonyl (C=O) groups is 3. The van der Waals surface area contributed by atoms with E-state index in [0.29, 0.717) is 4.90 Å². The highest BCUT2D eigenvalue weighted by Crippen LogP contribution is 2.35. The van der Waals surface area contributed by atoms with Crippen molar-refractivity contribution >= 4 is 35.2 Å². The molecule has 2 aromatic carbocycles. The Morgan fingerprint density at radius 1 is 1.15 bits per heavy atom. The molecule has 1 saturated heterocycles. The molecule has 1 aliphatic rings. The first-order valence-corrected chi connectivity index (χ1v) is 8.63. The van der Waals surface area contributed by atoms with E-state index in [1.165, 1.54) is 42.5 Å². The van der Waals surface area contributed by atoms with Crippen LogP contribution >= 0.6 is 11.8 Å². The van der Waals surface area contributed by atoms with Crippen molar-refractivity contribution in [3.05, 3.63) is 54.1 Å². The number of aromatic carboxylic acids is 1. The molecule has 0 aromatic heterocycles. The summed E-state index contributed by atoms with van der Waals surface area (Å²) in [5, 5.41) is 10.4. The van der Waals surface area contributed by atoms with Gasteiger partial charge >= 0.3 is 6.61 Å². The Morgan fingerprint density at radius 2 is 1.81 bits per heavy atom. The molecule has 0 bridgehead atoms. The lowest BCUT2D eigenvalue weighted by molar-refractivity contribution is -0.255. The van der Waals surface area contributed by atoms with Crippen LogP contribution in [0.25, 0.3) is 0 Å². The van der Waals surface area contributed by atoms with Crippen molar-refractivity contribution in [3.63, 3.8) is 0 Å². The number of halogens is 2. The van der Waals surface area contributed by atoms with Gasteiger partial charge in [-0.1, -0.05) is 18.2 Å². The fourth-order valence-corrected chi connectivity index (χ4v) is 3.81. The average molecular weight is 392 g/mol. The zero-order chi connectivity index (χ0) is 19.6. The maximum Gasteiger partial charge on any atom is 0.387 e. The predicted octanol–water partition coefficient (Wildman–Crippen LogP) is 2.08. The Kier molecular flexibility index (Phi) is 5.41. The summed E-state index contributed by atoms with van der Waals surface area (Å²) in [4.78, 5) is 37.4. The minimum absolute atomic E-state index is 0.0605. The summed E-state index contributed by atoms with van der Waals surface area (Å²) in [6.45, 7) is -2.98. The summed E-state index contributed by atoms with van der Waals surface area (Å²) in [6, 6.07) is 11.2. The van der Waals surface area contributed by atoms with E-state index in [0.717, 1.165) is 16.7 Å². The van der Waals surface area contributed by atoms with Crippen molar-refractivity contribution in [3.8, 4) is 5.75 Å². The maximum atomic E-state index is 12.6. The standard InChI is InChI=1S/C18H13F2NO5S/c19-18(20)26-11-7-5-10(6-8-11)21-15(22)9-14(16(21)23)27-13-4-2-1-3-12(13)17(24)25/h1-8,14,18H,9H2,(H,24,25)/p-1/t14-/m0/s1. The molecule has 0 unspecified atom stereocenters. The first-order valence-electron chi connectivity index (χ1n) is 7.75. The fourth-order valence-electron chi connectivity index (χ4n) is 2.64. The van der Waals surface area contributed by atoms with Crippen LogP contribution in [-0.4, -0.2) is 29.6 Å². The number of benzene rings is 2. The van der Waals surface area contributed by atoms with Gasteiger partial charge < -0.3 is 14.6 Å². The molecule has 0 N–H and O–H groups in total. The average Bonchev–Trinajstić information content (AvgIpc) is 2.89. The number of alkyl halides is 2. The molecule has 2 amide bonds. The van der Waals surface area contributed by atoms with Crippen molar-refractivity contribution in [2.45, 2.75) is 23.2 Å². The maximum absolute atomic E-state index is 12.6. The summed E-state index contributed by atoms with van der Waals surface area (Å²) in [5.41, 5.74) is 0.164. The number of amides is 2. The lowest BCUT2D eigenvalue weighted by Gasteiger charge is -2.16. The third kappa shape index (κ3) is 4.08. The van der Waals surface area contributed by atoms with Gasteiger partial charge in [0.05, 0.1) is 16.9 Å². The van der Waals surface area contributed by atoms with E-state index in [1.807, 2.05) is 0 Å². The molecule has 0 saturated carbocycles. The molecule has 1 atom stereocenters. The Labute approximate surface area is 156 Å². The van der Waals surface area contributed by atoms with Crippen molar-refractivity contribution in [2.75, 3.05) is 4.90 Å². The molecule has 2 aromatic rings. The SMILES string of the molecule is O=C([O-])c1ccccc1S[C@H]1CC(=O)N(c2ccc(OC(F)F)cc2)C1=O. The molecular weight excluding hydrogens is 380 g/mol. The third-order valence-corrected chi connectivity index (χ3v) is 5.06. The molecular formula is C18H12F2NO5S-. The second-order valence-electron chi connectivity index (χ2n) is 5.53. The molecule has 6 nitrogen and oxygen atoms in total. The van der Waals surface area contributed by atoms with Crippen LogP contribution in [-0.2, 0) is 9.59 Å². The molecule has 9 heteroatoms. The molecule has 0 spiro atoms. The van der Waals surface area contributed by atoms with E-state index in [9.17, 15) is 28.3 Å². The number of hydrogen-bond acceptors (Lipinski definition) is 6. The zero-order valence-electron chi connectivity index (χ0n) is 13.6. The van der Waals surface area contributed by atoms with Gasteiger partial charge in [-0.25, -0.2) is 4.90 Å².